The standard InChI is InChI=1S/C16H24BrN3O/c1-2-18-12-13(17)11-15(18)16(21)20-9-7-19(8-10-20)14-5-3-4-6-14/h11-12,14H,2-10H2,1H3. The van der Waals surface area contributed by atoms with E-state index in [9.17, 15) is 4.79 Å². The van der Waals surface area contributed by atoms with Crippen LogP contribution in [0.1, 0.15) is 43.1 Å². The maximum Gasteiger partial charge on any atom is 0.270 e. The Morgan fingerprint density at radius 1 is 1.24 bits per heavy atom. The van der Waals surface area contributed by atoms with Crippen molar-refractivity contribution in [3.8, 4) is 0 Å². The Morgan fingerprint density at radius 2 is 1.90 bits per heavy atom. The first-order valence-corrected chi connectivity index (χ1v) is 8.87. The molecule has 0 unspecified atom stereocenters. The van der Waals surface area contributed by atoms with Gasteiger partial charge in [-0.2, -0.15) is 0 Å². The van der Waals surface area contributed by atoms with Gasteiger partial charge in [-0.1, -0.05) is 12.8 Å². The minimum atomic E-state index is 0.175. The molecule has 1 aromatic heterocycles. The third-order valence-corrected chi connectivity index (χ3v) is 5.30. The molecule has 4 nitrogen and oxygen atoms in total. The molecule has 0 aromatic carbocycles. The fraction of sp³-hybridized carbons (Fsp3) is 0.688. The van der Waals surface area contributed by atoms with E-state index in [0.717, 1.165) is 48.9 Å². The molecule has 3 rings (SSSR count). The van der Waals surface area contributed by atoms with Crippen LogP contribution < -0.4 is 0 Å². The average Bonchev–Trinajstić information content (AvgIpc) is 3.16. The second kappa shape index (κ2) is 6.53. The number of aryl methyl sites for hydroxylation is 1. The third-order valence-electron chi connectivity index (χ3n) is 4.87. The minimum Gasteiger partial charge on any atom is -0.343 e. The molecule has 2 aliphatic rings. The molecule has 5 heteroatoms. The summed E-state index contributed by atoms with van der Waals surface area (Å²) in [6.07, 6.45) is 7.44. The summed E-state index contributed by atoms with van der Waals surface area (Å²) in [6.45, 7) is 6.69. The monoisotopic (exact) mass is 353 g/mol. The van der Waals surface area contributed by atoms with E-state index >= 15 is 0 Å². The number of hydrogen-bond donors (Lipinski definition) is 0. The van der Waals surface area contributed by atoms with Crippen LogP contribution in [0.2, 0.25) is 0 Å². The summed E-state index contributed by atoms with van der Waals surface area (Å²) in [7, 11) is 0. The lowest BCUT2D eigenvalue weighted by molar-refractivity contribution is 0.0563. The molecule has 116 valence electrons. The third kappa shape index (κ3) is 3.19. The molecule has 2 fully saturated rings. The largest absolute Gasteiger partial charge is 0.343 e. The number of rotatable bonds is 3. The van der Waals surface area contributed by atoms with Gasteiger partial charge in [0.25, 0.3) is 5.91 Å². The SMILES string of the molecule is CCn1cc(Br)cc1C(=O)N1CCN(C2CCCC2)CC1. The Kier molecular flexibility index (Phi) is 4.69. The van der Waals surface area contributed by atoms with Gasteiger partial charge in [0.1, 0.15) is 5.69 Å². The number of halogens is 1. The van der Waals surface area contributed by atoms with Gasteiger partial charge < -0.3 is 9.47 Å². The van der Waals surface area contributed by atoms with Crippen molar-refractivity contribution < 1.29 is 4.79 Å². The zero-order chi connectivity index (χ0) is 14.8. The van der Waals surface area contributed by atoms with E-state index in [2.05, 4.69) is 27.8 Å². The Balaban J connectivity index is 1.62. The van der Waals surface area contributed by atoms with E-state index in [1.54, 1.807) is 0 Å². The lowest BCUT2D eigenvalue weighted by atomic mass is 10.1. The molecule has 1 amide bonds. The first kappa shape index (κ1) is 15.1. The van der Waals surface area contributed by atoms with Crippen molar-refractivity contribution >= 4 is 21.8 Å². The Bertz CT molecular complexity index is 500. The summed E-state index contributed by atoms with van der Waals surface area (Å²) in [4.78, 5) is 17.3. The van der Waals surface area contributed by atoms with Crippen LogP contribution in [0.3, 0.4) is 0 Å². The second-order valence-electron chi connectivity index (χ2n) is 6.10. The molecule has 1 aliphatic heterocycles. The molecule has 1 aliphatic carbocycles. The highest BCUT2D eigenvalue weighted by molar-refractivity contribution is 9.10. The van der Waals surface area contributed by atoms with E-state index in [-0.39, 0.29) is 5.91 Å². The number of amides is 1. The molecule has 0 radical (unpaired) electrons. The normalized spacial score (nSPS) is 21.1. The van der Waals surface area contributed by atoms with Crippen LogP contribution in [-0.4, -0.2) is 52.5 Å². The summed E-state index contributed by atoms with van der Waals surface area (Å²) in [5, 5.41) is 0. The summed E-state index contributed by atoms with van der Waals surface area (Å²) >= 11 is 3.47. The smallest absolute Gasteiger partial charge is 0.270 e. The summed E-state index contributed by atoms with van der Waals surface area (Å²) in [5.41, 5.74) is 0.804. The zero-order valence-electron chi connectivity index (χ0n) is 12.7. The lowest BCUT2D eigenvalue weighted by Gasteiger charge is -2.38. The van der Waals surface area contributed by atoms with Gasteiger partial charge in [0.2, 0.25) is 0 Å². The number of carbonyl (C=O) groups is 1. The van der Waals surface area contributed by atoms with Crippen molar-refractivity contribution in [2.24, 2.45) is 0 Å². The number of aromatic nitrogens is 1. The topological polar surface area (TPSA) is 28.5 Å². The molecule has 0 spiro atoms. The highest BCUT2D eigenvalue weighted by Gasteiger charge is 2.29. The van der Waals surface area contributed by atoms with Crippen LogP contribution in [-0.2, 0) is 6.54 Å². The highest BCUT2D eigenvalue weighted by atomic mass is 79.9. The summed E-state index contributed by atoms with van der Waals surface area (Å²) < 4.78 is 3.01. The van der Waals surface area contributed by atoms with Crippen LogP contribution in [0.5, 0.6) is 0 Å². The Morgan fingerprint density at radius 3 is 2.52 bits per heavy atom. The maximum absolute atomic E-state index is 12.7. The van der Waals surface area contributed by atoms with Crippen molar-refractivity contribution in [1.29, 1.82) is 0 Å². The molecule has 1 saturated heterocycles. The maximum atomic E-state index is 12.7. The fourth-order valence-electron chi connectivity index (χ4n) is 3.64. The van der Waals surface area contributed by atoms with E-state index in [1.807, 2.05) is 21.7 Å². The second-order valence-corrected chi connectivity index (χ2v) is 7.01. The molecule has 21 heavy (non-hydrogen) atoms. The number of carbonyl (C=O) groups excluding carboxylic acids is 1. The molecule has 0 bridgehead atoms. The molecule has 0 atom stereocenters. The van der Waals surface area contributed by atoms with Gasteiger partial charge in [-0.15, -0.1) is 0 Å². The van der Waals surface area contributed by atoms with Crippen molar-refractivity contribution in [2.45, 2.75) is 45.2 Å². The first-order valence-electron chi connectivity index (χ1n) is 8.08. The Hall–Kier alpha value is -0.810. The van der Waals surface area contributed by atoms with Gasteiger partial charge in [0.05, 0.1) is 0 Å². The van der Waals surface area contributed by atoms with E-state index in [4.69, 9.17) is 0 Å². The van der Waals surface area contributed by atoms with E-state index < -0.39 is 0 Å². The average molecular weight is 354 g/mol. The van der Waals surface area contributed by atoms with Gasteiger partial charge in [0.15, 0.2) is 0 Å². The van der Waals surface area contributed by atoms with Gasteiger partial charge in [-0.3, -0.25) is 9.69 Å². The van der Waals surface area contributed by atoms with Gasteiger partial charge in [-0.05, 0) is 41.8 Å². The van der Waals surface area contributed by atoms with Gasteiger partial charge in [-0.25, -0.2) is 0 Å². The number of piperazine rings is 1. The van der Waals surface area contributed by atoms with E-state index in [0.29, 0.717) is 0 Å². The minimum absolute atomic E-state index is 0.175. The number of nitrogens with zero attached hydrogens (tertiary/aromatic N) is 3. The van der Waals surface area contributed by atoms with Crippen molar-refractivity contribution in [3.05, 3.63) is 22.4 Å². The first-order chi connectivity index (χ1) is 10.2. The molecule has 1 aromatic rings. The van der Waals surface area contributed by atoms with E-state index in [1.165, 1.54) is 25.7 Å². The van der Waals surface area contributed by atoms with Gasteiger partial charge >= 0.3 is 0 Å². The van der Waals surface area contributed by atoms with Crippen molar-refractivity contribution in [2.75, 3.05) is 26.2 Å². The summed E-state index contributed by atoms with van der Waals surface area (Å²) in [6, 6.07) is 2.71. The van der Waals surface area contributed by atoms with Crippen LogP contribution in [0.15, 0.2) is 16.7 Å². The molecular formula is C16H24BrN3O. The zero-order valence-corrected chi connectivity index (χ0v) is 14.3. The van der Waals surface area contributed by atoms with Gasteiger partial charge in [0, 0.05) is 49.4 Å². The highest BCUT2D eigenvalue weighted by Crippen LogP contribution is 2.25. The number of hydrogen-bond acceptors (Lipinski definition) is 2. The Labute approximate surface area is 135 Å². The predicted octanol–water partition coefficient (Wildman–Crippen LogP) is 2.97. The molecular weight excluding hydrogens is 330 g/mol. The van der Waals surface area contributed by atoms with Crippen molar-refractivity contribution in [3.63, 3.8) is 0 Å². The fourth-order valence-corrected chi connectivity index (χ4v) is 4.10. The molecule has 0 N–H and O–H groups in total. The lowest BCUT2D eigenvalue weighted by Crippen LogP contribution is -2.51. The predicted molar refractivity (Wildman–Crippen MR) is 87.5 cm³/mol. The van der Waals surface area contributed by atoms with Crippen LogP contribution in [0.4, 0.5) is 0 Å². The quantitative estimate of drug-likeness (QED) is 0.835. The van der Waals surface area contributed by atoms with Crippen molar-refractivity contribution in [1.82, 2.24) is 14.4 Å². The summed E-state index contributed by atoms with van der Waals surface area (Å²) in [5.74, 6) is 0.175. The van der Waals surface area contributed by atoms with Crippen LogP contribution in [0.25, 0.3) is 0 Å². The molecule has 2 heterocycles. The molecule has 1 saturated carbocycles. The van der Waals surface area contributed by atoms with Crippen LogP contribution in [0, 0.1) is 0 Å². The van der Waals surface area contributed by atoms with Crippen LogP contribution >= 0.6 is 15.9 Å².